The van der Waals surface area contributed by atoms with E-state index in [1.54, 1.807) is 30.5 Å². The molecule has 1 fully saturated rings. The first-order chi connectivity index (χ1) is 12.5. The van der Waals surface area contributed by atoms with Crippen molar-refractivity contribution >= 4 is 10.0 Å². The summed E-state index contributed by atoms with van der Waals surface area (Å²) in [6, 6.07) is 6.64. The first-order valence-corrected chi connectivity index (χ1v) is 10.1. The molecule has 0 aliphatic carbocycles. The van der Waals surface area contributed by atoms with E-state index in [1.807, 2.05) is 13.8 Å². The molecule has 0 bridgehead atoms. The second-order valence-corrected chi connectivity index (χ2v) is 8.09. The zero-order chi connectivity index (χ0) is 18.6. The van der Waals surface area contributed by atoms with Gasteiger partial charge in [0.15, 0.2) is 0 Å². The number of aryl methyl sites for hydroxylation is 1. The van der Waals surface area contributed by atoms with Gasteiger partial charge in [-0.25, -0.2) is 18.4 Å². The quantitative estimate of drug-likeness (QED) is 0.769. The van der Waals surface area contributed by atoms with Crippen LogP contribution in [0.2, 0.25) is 0 Å². The lowest BCUT2D eigenvalue weighted by Gasteiger charge is -2.31. The minimum absolute atomic E-state index is 0.225. The van der Waals surface area contributed by atoms with Crippen LogP contribution in [0.1, 0.15) is 25.3 Å². The van der Waals surface area contributed by atoms with Gasteiger partial charge in [0.05, 0.1) is 18.0 Å². The van der Waals surface area contributed by atoms with Gasteiger partial charge >= 0.3 is 0 Å². The minimum atomic E-state index is -3.58. The highest BCUT2D eigenvalue weighted by atomic mass is 32.2. The number of nitrogens with zero attached hydrogens (tertiary/aromatic N) is 3. The lowest BCUT2D eigenvalue weighted by atomic mass is 10.1. The highest BCUT2D eigenvalue weighted by Crippen LogP contribution is 2.26. The molecule has 8 heteroatoms. The summed E-state index contributed by atoms with van der Waals surface area (Å²) < 4.78 is 38.8. The molecule has 0 saturated carbocycles. The third-order valence-electron chi connectivity index (χ3n) is 4.27. The molecule has 0 spiro atoms. The maximum absolute atomic E-state index is 13.0. The van der Waals surface area contributed by atoms with Crippen LogP contribution in [-0.2, 0) is 10.0 Å². The number of aromatic nitrogens is 2. The van der Waals surface area contributed by atoms with Gasteiger partial charge in [-0.05, 0) is 50.5 Å². The lowest BCUT2D eigenvalue weighted by Crippen LogP contribution is -2.44. The minimum Gasteiger partial charge on any atom is -0.494 e. The van der Waals surface area contributed by atoms with Gasteiger partial charge < -0.3 is 9.47 Å². The third-order valence-corrected chi connectivity index (χ3v) is 6.13. The second kappa shape index (κ2) is 8.01. The van der Waals surface area contributed by atoms with E-state index in [1.165, 1.54) is 10.6 Å². The number of benzene rings is 1. The molecule has 1 unspecified atom stereocenters. The van der Waals surface area contributed by atoms with Gasteiger partial charge in [-0.2, -0.15) is 4.31 Å². The highest BCUT2D eigenvalue weighted by molar-refractivity contribution is 7.89. The van der Waals surface area contributed by atoms with Crippen molar-refractivity contribution in [1.82, 2.24) is 14.3 Å². The molecular weight excluding hydrogens is 354 g/mol. The Bertz CT molecular complexity index is 843. The van der Waals surface area contributed by atoms with Crippen LogP contribution < -0.4 is 9.47 Å². The molecule has 3 rings (SSSR count). The van der Waals surface area contributed by atoms with Gasteiger partial charge in [-0.1, -0.05) is 0 Å². The van der Waals surface area contributed by atoms with Gasteiger partial charge in [0.1, 0.15) is 18.2 Å². The fourth-order valence-corrected chi connectivity index (χ4v) is 4.58. The molecule has 1 saturated heterocycles. The van der Waals surface area contributed by atoms with E-state index >= 15 is 0 Å². The Morgan fingerprint density at radius 3 is 2.85 bits per heavy atom. The van der Waals surface area contributed by atoms with Crippen LogP contribution >= 0.6 is 0 Å². The van der Waals surface area contributed by atoms with Crippen LogP contribution in [0.5, 0.6) is 11.6 Å². The van der Waals surface area contributed by atoms with Crippen LogP contribution in [-0.4, -0.2) is 48.5 Å². The van der Waals surface area contributed by atoms with Crippen molar-refractivity contribution in [2.45, 2.75) is 37.7 Å². The van der Waals surface area contributed by atoms with Crippen LogP contribution in [0.4, 0.5) is 0 Å². The molecule has 2 heterocycles. The molecule has 26 heavy (non-hydrogen) atoms. The molecule has 0 N–H and O–H groups in total. The summed E-state index contributed by atoms with van der Waals surface area (Å²) in [5, 5.41) is 0. The number of hydrogen-bond acceptors (Lipinski definition) is 6. The Balaban J connectivity index is 1.75. The summed E-state index contributed by atoms with van der Waals surface area (Å²) in [6.07, 6.45) is 4.32. The summed E-state index contributed by atoms with van der Waals surface area (Å²) in [6.45, 7) is 5.08. The first kappa shape index (κ1) is 18.6. The zero-order valence-corrected chi connectivity index (χ0v) is 15.8. The van der Waals surface area contributed by atoms with E-state index < -0.39 is 10.0 Å². The van der Waals surface area contributed by atoms with Crippen LogP contribution in [0.15, 0.2) is 41.7 Å². The van der Waals surface area contributed by atoms with E-state index in [4.69, 9.17) is 9.47 Å². The number of rotatable bonds is 6. The zero-order valence-electron chi connectivity index (χ0n) is 15.0. The van der Waals surface area contributed by atoms with Crippen molar-refractivity contribution in [2.24, 2.45) is 0 Å². The number of ether oxygens (including phenoxy) is 2. The van der Waals surface area contributed by atoms with Crippen LogP contribution in [0.25, 0.3) is 0 Å². The SMILES string of the molecule is CCOc1ccc(S(=O)(=O)N2CCCC(Oc3ccncn3)C2)cc1C. The summed E-state index contributed by atoms with van der Waals surface area (Å²) in [4.78, 5) is 8.17. The maximum Gasteiger partial charge on any atom is 0.243 e. The van der Waals surface area contributed by atoms with E-state index in [0.717, 1.165) is 18.4 Å². The van der Waals surface area contributed by atoms with Gasteiger partial charge in [0.25, 0.3) is 0 Å². The largest absolute Gasteiger partial charge is 0.494 e. The van der Waals surface area contributed by atoms with E-state index in [2.05, 4.69) is 9.97 Å². The summed E-state index contributed by atoms with van der Waals surface area (Å²) in [5.74, 6) is 1.16. The Kier molecular flexibility index (Phi) is 5.73. The number of piperidine rings is 1. The van der Waals surface area contributed by atoms with E-state index in [0.29, 0.717) is 31.3 Å². The lowest BCUT2D eigenvalue weighted by molar-refractivity contribution is 0.124. The fraction of sp³-hybridized carbons (Fsp3) is 0.444. The maximum atomic E-state index is 13.0. The first-order valence-electron chi connectivity index (χ1n) is 8.67. The standard InChI is InChI=1S/C18H23N3O4S/c1-3-24-17-7-6-16(11-14(17)2)26(22,23)21-10-4-5-15(12-21)25-18-8-9-19-13-20-18/h6-9,11,13,15H,3-5,10,12H2,1-2H3. The van der Waals surface area contributed by atoms with Crippen LogP contribution in [0, 0.1) is 6.92 Å². The Morgan fingerprint density at radius 2 is 2.15 bits per heavy atom. The van der Waals surface area contributed by atoms with Crippen LogP contribution in [0.3, 0.4) is 0 Å². The summed E-state index contributed by atoms with van der Waals surface area (Å²) in [7, 11) is -3.58. The van der Waals surface area contributed by atoms with E-state index in [9.17, 15) is 8.42 Å². The normalized spacial score (nSPS) is 18.5. The predicted octanol–water partition coefficient (Wildman–Crippen LogP) is 2.42. The molecule has 2 aromatic rings. The van der Waals surface area contributed by atoms with Gasteiger partial charge in [0, 0.05) is 18.8 Å². The molecule has 1 atom stereocenters. The Hall–Kier alpha value is -2.19. The monoisotopic (exact) mass is 377 g/mol. The molecule has 1 aliphatic heterocycles. The molecule has 0 radical (unpaired) electrons. The predicted molar refractivity (Wildman–Crippen MR) is 96.8 cm³/mol. The third kappa shape index (κ3) is 4.13. The fourth-order valence-electron chi connectivity index (χ4n) is 2.99. The van der Waals surface area contributed by atoms with Crippen molar-refractivity contribution in [2.75, 3.05) is 19.7 Å². The molecule has 1 aliphatic rings. The number of hydrogen-bond donors (Lipinski definition) is 0. The number of sulfonamides is 1. The Morgan fingerprint density at radius 1 is 1.31 bits per heavy atom. The molecule has 0 amide bonds. The molecule has 1 aromatic heterocycles. The van der Waals surface area contributed by atoms with Crippen molar-refractivity contribution in [3.8, 4) is 11.6 Å². The van der Waals surface area contributed by atoms with Crippen molar-refractivity contribution in [1.29, 1.82) is 0 Å². The van der Waals surface area contributed by atoms with Crippen molar-refractivity contribution < 1.29 is 17.9 Å². The van der Waals surface area contributed by atoms with Crippen molar-refractivity contribution in [3.63, 3.8) is 0 Å². The van der Waals surface area contributed by atoms with E-state index in [-0.39, 0.29) is 11.0 Å². The molecule has 7 nitrogen and oxygen atoms in total. The highest BCUT2D eigenvalue weighted by Gasteiger charge is 2.31. The summed E-state index contributed by atoms with van der Waals surface area (Å²) >= 11 is 0. The molecular formula is C18H23N3O4S. The van der Waals surface area contributed by atoms with Gasteiger partial charge in [-0.15, -0.1) is 0 Å². The second-order valence-electron chi connectivity index (χ2n) is 6.15. The Labute approximate surface area is 154 Å². The van der Waals surface area contributed by atoms with Gasteiger partial charge in [-0.3, -0.25) is 0 Å². The topological polar surface area (TPSA) is 81.6 Å². The molecule has 1 aromatic carbocycles. The van der Waals surface area contributed by atoms with Gasteiger partial charge in [0.2, 0.25) is 15.9 Å². The molecule has 140 valence electrons. The summed E-state index contributed by atoms with van der Waals surface area (Å²) in [5.41, 5.74) is 0.804. The smallest absolute Gasteiger partial charge is 0.243 e. The average Bonchev–Trinajstić information content (AvgIpc) is 2.64. The average molecular weight is 377 g/mol. The van der Waals surface area contributed by atoms with Crippen molar-refractivity contribution in [3.05, 3.63) is 42.4 Å².